The largest absolute Gasteiger partial charge is 0.495 e. The van der Waals surface area contributed by atoms with Gasteiger partial charge in [0.15, 0.2) is 0 Å². The molecule has 19 heavy (non-hydrogen) atoms. The van der Waals surface area contributed by atoms with Crippen LogP contribution in [0.15, 0.2) is 18.2 Å². The minimum atomic E-state index is -0.103. The molecule has 1 saturated heterocycles. The first-order chi connectivity index (χ1) is 9.10. The van der Waals surface area contributed by atoms with E-state index in [9.17, 15) is 4.79 Å². The second-order valence-corrected chi connectivity index (χ2v) is 5.33. The molecule has 0 saturated carbocycles. The van der Waals surface area contributed by atoms with Gasteiger partial charge in [-0.1, -0.05) is 13.0 Å². The van der Waals surface area contributed by atoms with Crippen LogP contribution in [-0.4, -0.2) is 25.6 Å². The molecule has 1 heterocycles. The predicted molar refractivity (Wildman–Crippen MR) is 76.5 cm³/mol. The lowest BCUT2D eigenvalue weighted by Gasteiger charge is -2.27. The van der Waals surface area contributed by atoms with Crippen LogP contribution < -0.4 is 15.4 Å². The smallest absolute Gasteiger partial charge is 0.241 e. The fourth-order valence-corrected chi connectivity index (χ4v) is 2.45. The number of hydrogen-bond donors (Lipinski definition) is 2. The molecule has 0 spiro atoms. The number of methoxy groups -OCH3 is 1. The van der Waals surface area contributed by atoms with Crippen molar-refractivity contribution in [2.75, 3.05) is 19.0 Å². The van der Waals surface area contributed by atoms with Crippen molar-refractivity contribution < 1.29 is 9.53 Å². The number of carbonyl (C=O) groups excluding carboxylic acids is 1. The summed E-state index contributed by atoms with van der Waals surface area (Å²) in [4.78, 5) is 12.3. The van der Waals surface area contributed by atoms with Gasteiger partial charge in [-0.15, -0.1) is 0 Å². The van der Waals surface area contributed by atoms with Gasteiger partial charge < -0.3 is 15.4 Å². The Kier molecular flexibility index (Phi) is 4.43. The Morgan fingerprint density at radius 1 is 1.47 bits per heavy atom. The van der Waals surface area contributed by atoms with Gasteiger partial charge in [-0.3, -0.25) is 4.79 Å². The summed E-state index contributed by atoms with van der Waals surface area (Å²) < 4.78 is 5.27. The Morgan fingerprint density at radius 3 is 2.95 bits per heavy atom. The summed E-state index contributed by atoms with van der Waals surface area (Å²) in [6.45, 7) is 5.09. The Labute approximate surface area is 114 Å². The van der Waals surface area contributed by atoms with Gasteiger partial charge in [0.2, 0.25) is 5.91 Å². The van der Waals surface area contributed by atoms with E-state index in [0.717, 1.165) is 30.6 Å². The number of rotatable bonds is 3. The average Bonchev–Trinajstić information content (AvgIpc) is 2.39. The van der Waals surface area contributed by atoms with E-state index < -0.39 is 0 Å². The Bertz CT molecular complexity index is 459. The van der Waals surface area contributed by atoms with Gasteiger partial charge in [0.05, 0.1) is 18.8 Å². The third kappa shape index (κ3) is 3.47. The lowest BCUT2D eigenvalue weighted by Crippen LogP contribution is -2.45. The molecule has 2 atom stereocenters. The molecule has 0 aliphatic carbocycles. The van der Waals surface area contributed by atoms with E-state index in [4.69, 9.17) is 4.74 Å². The van der Waals surface area contributed by atoms with Gasteiger partial charge in [0.1, 0.15) is 5.75 Å². The molecule has 1 aliphatic heterocycles. The fourth-order valence-electron chi connectivity index (χ4n) is 2.45. The van der Waals surface area contributed by atoms with Crippen LogP contribution in [-0.2, 0) is 4.79 Å². The van der Waals surface area contributed by atoms with Crippen molar-refractivity contribution in [1.29, 1.82) is 0 Å². The molecule has 1 aliphatic rings. The molecule has 2 N–H and O–H groups in total. The van der Waals surface area contributed by atoms with Crippen molar-refractivity contribution in [2.45, 2.75) is 32.7 Å². The molecule has 1 aromatic carbocycles. The quantitative estimate of drug-likeness (QED) is 0.879. The van der Waals surface area contributed by atoms with Crippen LogP contribution in [0.25, 0.3) is 0 Å². The molecule has 2 rings (SSSR count). The van der Waals surface area contributed by atoms with E-state index in [0.29, 0.717) is 11.7 Å². The number of aryl methyl sites for hydroxylation is 1. The van der Waals surface area contributed by atoms with Gasteiger partial charge in [0, 0.05) is 0 Å². The highest BCUT2D eigenvalue weighted by Gasteiger charge is 2.25. The molecule has 1 amide bonds. The monoisotopic (exact) mass is 262 g/mol. The highest BCUT2D eigenvalue weighted by atomic mass is 16.5. The molecule has 0 aromatic heterocycles. The van der Waals surface area contributed by atoms with Crippen LogP contribution in [0.3, 0.4) is 0 Å². The van der Waals surface area contributed by atoms with Crippen LogP contribution in [0.4, 0.5) is 5.69 Å². The van der Waals surface area contributed by atoms with Crippen molar-refractivity contribution in [3.63, 3.8) is 0 Å². The van der Waals surface area contributed by atoms with Crippen LogP contribution >= 0.6 is 0 Å². The lowest BCUT2D eigenvalue weighted by atomic mass is 9.94. The zero-order chi connectivity index (χ0) is 13.8. The molecular formula is C15H22N2O2. The number of hydrogen-bond acceptors (Lipinski definition) is 3. The molecule has 2 unspecified atom stereocenters. The van der Waals surface area contributed by atoms with Crippen LogP contribution in [0, 0.1) is 12.8 Å². The summed E-state index contributed by atoms with van der Waals surface area (Å²) in [6, 6.07) is 5.68. The van der Waals surface area contributed by atoms with E-state index >= 15 is 0 Å². The summed E-state index contributed by atoms with van der Waals surface area (Å²) in [6.07, 6.45) is 2.03. The van der Waals surface area contributed by atoms with E-state index in [1.807, 2.05) is 25.1 Å². The van der Waals surface area contributed by atoms with Crippen LogP contribution in [0.2, 0.25) is 0 Å². The van der Waals surface area contributed by atoms with Crippen molar-refractivity contribution in [2.24, 2.45) is 5.92 Å². The molecule has 4 heteroatoms. The minimum absolute atomic E-state index is 0.0236. The molecule has 0 radical (unpaired) electrons. The number of amides is 1. The van der Waals surface area contributed by atoms with E-state index in [2.05, 4.69) is 17.6 Å². The SMILES string of the molecule is COc1ccc(C)cc1NC(=O)C1CC(C)CCN1. The zero-order valence-corrected chi connectivity index (χ0v) is 11.8. The molecule has 0 bridgehead atoms. The minimum Gasteiger partial charge on any atom is -0.495 e. The van der Waals surface area contributed by atoms with Crippen molar-refractivity contribution in [3.8, 4) is 5.75 Å². The number of benzene rings is 1. The number of piperidine rings is 1. The normalized spacial score (nSPS) is 22.9. The Balaban J connectivity index is 2.07. The maximum Gasteiger partial charge on any atom is 0.241 e. The maximum atomic E-state index is 12.3. The standard InChI is InChI=1S/C15H22N2O2/c1-10-4-5-14(19-3)12(8-10)17-15(18)13-9-11(2)6-7-16-13/h4-5,8,11,13,16H,6-7,9H2,1-3H3,(H,17,18). The Hall–Kier alpha value is -1.55. The third-order valence-electron chi connectivity index (χ3n) is 3.60. The van der Waals surface area contributed by atoms with Gasteiger partial charge in [-0.25, -0.2) is 0 Å². The molecule has 1 aromatic rings. The van der Waals surface area contributed by atoms with Gasteiger partial charge >= 0.3 is 0 Å². The van der Waals surface area contributed by atoms with Crippen molar-refractivity contribution >= 4 is 11.6 Å². The Morgan fingerprint density at radius 2 is 2.26 bits per heavy atom. The van der Waals surface area contributed by atoms with Crippen LogP contribution in [0.5, 0.6) is 5.75 Å². The molecule has 1 fully saturated rings. The molecule has 4 nitrogen and oxygen atoms in total. The number of nitrogens with one attached hydrogen (secondary N) is 2. The summed E-state index contributed by atoms with van der Waals surface area (Å²) in [5.41, 5.74) is 1.84. The highest BCUT2D eigenvalue weighted by molar-refractivity contribution is 5.96. The molecular weight excluding hydrogens is 240 g/mol. The van der Waals surface area contributed by atoms with E-state index in [1.54, 1.807) is 7.11 Å². The summed E-state index contributed by atoms with van der Waals surface area (Å²) >= 11 is 0. The number of carbonyl (C=O) groups is 1. The van der Waals surface area contributed by atoms with E-state index in [1.165, 1.54) is 0 Å². The zero-order valence-electron chi connectivity index (χ0n) is 11.8. The third-order valence-corrected chi connectivity index (χ3v) is 3.60. The van der Waals surface area contributed by atoms with E-state index in [-0.39, 0.29) is 11.9 Å². The van der Waals surface area contributed by atoms with Crippen LogP contribution in [0.1, 0.15) is 25.3 Å². The average molecular weight is 262 g/mol. The summed E-state index contributed by atoms with van der Waals surface area (Å²) in [5.74, 6) is 1.31. The second-order valence-electron chi connectivity index (χ2n) is 5.33. The highest BCUT2D eigenvalue weighted by Crippen LogP contribution is 2.26. The first kappa shape index (κ1) is 13.9. The second kappa shape index (κ2) is 6.06. The van der Waals surface area contributed by atoms with Gasteiger partial charge in [-0.2, -0.15) is 0 Å². The first-order valence-electron chi connectivity index (χ1n) is 6.79. The first-order valence-corrected chi connectivity index (χ1v) is 6.79. The molecule has 104 valence electrons. The topological polar surface area (TPSA) is 50.4 Å². The summed E-state index contributed by atoms with van der Waals surface area (Å²) in [7, 11) is 1.61. The fraction of sp³-hybridized carbons (Fsp3) is 0.533. The van der Waals surface area contributed by atoms with Gasteiger partial charge in [0.25, 0.3) is 0 Å². The number of anilines is 1. The summed E-state index contributed by atoms with van der Waals surface area (Å²) in [5, 5.41) is 6.23. The van der Waals surface area contributed by atoms with Crippen molar-refractivity contribution in [3.05, 3.63) is 23.8 Å². The maximum absolute atomic E-state index is 12.3. The van der Waals surface area contributed by atoms with Gasteiger partial charge in [-0.05, 0) is 49.9 Å². The predicted octanol–water partition coefficient (Wildman–Crippen LogP) is 2.33. The lowest BCUT2D eigenvalue weighted by molar-refractivity contribution is -0.119. The van der Waals surface area contributed by atoms with Crippen molar-refractivity contribution in [1.82, 2.24) is 5.32 Å². The number of ether oxygens (including phenoxy) is 1.